The number of nitrogens with two attached hydrogens (primary N) is 2. The summed E-state index contributed by atoms with van der Waals surface area (Å²) in [5.74, 6) is 0.391. The molecule has 9 nitrogen and oxygen atoms in total. The maximum absolute atomic E-state index is 11.5. The second-order valence-electron chi connectivity index (χ2n) is 7.05. The largest absolute Gasteiger partial charge is 0.381 e. The van der Waals surface area contributed by atoms with Crippen molar-refractivity contribution in [1.29, 1.82) is 0 Å². The average molecular weight is 399 g/mol. The topological polar surface area (TPSA) is 133 Å². The molecule has 0 spiro atoms. The first kappa shape index (κ1) is 18.5. The lowest BCUT2D eigenvalue weighted by molar-refractivity contribution is 0.312. The molecule has 10 heteroatoms. The van der Waals surface area contributed by atoms with Gasteiger partial charge in [-0.25, -0.2) is 28.2 Å². The molecule has 1 aliphatic heterocycles. The van der Waals surface area contributed by atoms with Crippen LogP contribution in [-0.4, -0.2) is 46.7 Å². The summed E-state index contributed by atoms with van der Waals surface area (Å²) in [6.07, 6.45) is 5.06. The molecule has 0 atom stereocenters. The average Bonchev–Trinajstić information content (AvgIpc) is 3.12. The number of primary sulfonamides is 1. The SMILES string of the molecule is Cc1cc(-c2cnc(N)c(-n3cc(S(N)(=O)=O)cn3)n2)cc2c1CCN(C)C2. The van der Waals surface area contributed by atoms with Crippen molar-refractivity contribution in [1.82, 2.24) is 24.6 Å². The van der Waals surface area contributed by atoms with Crippen molar-refractivity contribution >= 4 is 15.8 Å². The van der Waals surface area contributed by atoms with Crippen LogP contribution in [0.2, 0.25) is 0 Å². The summed E-state index contributed by atoms with van der Waals surface area (Å²) in [6, 6.07) is 4.22. The molecule has 1 aromatic carbocycles. The Labute approximate surface area is 163 Å². The monoisotopic (exact) mass is 399 g/mol. The zero-order valence-corrected chi connectivity index (χ0v) is 16.4. The van der Waals surface area contributed by atoms with Crippen molar-refractivity contribution < 1.29 is 8.42 Å². The lowest BCUT2D eigenvalue weighted by Gasteiger charge is -2.27. The lowest BCUT2D eigenvalue weighted by atomic mass is 9.92. The van der Waals surface area contributed by atoms with Gasteiger partial charge in [0.15, 0.2) is 11.6 Å². The van der Waals surface area contributed by atoms with E-state index in [-0.39, 0.29) is 16.5 Å². The number of likely N-dealkylation sites (N-methyl/N-ethyl adjacent to an activating group) is 1. The van der Waals surface area contributed by atoms with Crippen molar-refractivity contribution in [3.63, 3.8) is 0 Å². The van der Waals surface area contributed by atoms with Gasteiger partial charge in [0.1, 0.15) is 4.90 Å². The molecule has 0 aliphatic carbocycles. The third-order valence-corrected chi connectivity index (χ3v) is 5.80. The van der Waals surface area contributed by atoms with Crippen molar-refractivity contribution in [3.8, 4) is 17.1 Å². The first-order valence-electron chi connectivity index (χ1n) is 8.74. The van der Waals surface area contributed by atoms with Gasteiger partial charge in [-0.05, 0) is 49.2 Å². The van der Waals surface area contributed by atoms with E-state index in [1.807, 2.05) is 0 Å². The molecule has 4 N–H and O–H groups in total. The standard InChI is InChI=1S/C18H21N7O2S/c1-11-5-12(6-13-9-24(2)4-3-15(11)13)16-8-21-17(19)18(23-16)25-10-14(7-22-25)28(20,26)27/h5-8,10H,3-4,9H2,1-2H3,(H2,19,21)(H2,20,26,27). The van der Waals surface area contributed by atoms with Crippen LogP contribution in [0, 0.1) is 6.92 Å². The highest BCUT2D eigenvalue weighted by Crippen LogP contribution is 2.29. The van der Waals surface area contributed by atoms with E-state index >= 15 is 0 Å². The Hall–Kier alpha value is -2.82. The van der Waals surface area contributed by atoms with E-state index in [4.69, 9.17) is 10.9 Å². The summed E-state index contributed by atoms with van der Waals surface area (Å²) in [4.78, 5) is 11.0. The minimum absolute atomic E-state index is 0.119. The Morgan fingerprint density at radius 2 is 2.00 bits per heavy atom. The smallest absolute Gasteiger partial charge is 0.241 e. The molecule has 3 heterocycles. The molecule has 0 saturated heterocycles. The van der Waals surface area contributed by atoms with Crippen LogP contribution in [0.25, 0.3) is 17.1 Å². The molecule has 0 bridgehead atoms. The summed E-state index contributed by atoms with van der Waals surface area (Å²) in [5, 5.41) is 9.16. The zero-order valence-electron chi connectivity index (χ0n) is 15.6. The Kier molecular flexibility index (Phi) is 4.41. The molecule has 2 aromatic heterocycles. The molecule has 0 unspecified atom stereocenters. The fraction of sp³-hybridized carbons (Fsp3) is 0.278. The number of nitrogens with zero attached hydrogens (tertiary/aromatic N) is 5. The Morgan fingerprint density at radius 1 is 1.21 bits per heavy atom. The predicted octanol–water partition coefficient (Wildman–Crippen LogP) is 0.855. The number of benzene rings is 1. The van der Waals surface area contributed by atoms with Gasteiger partial charge in [-0.3, -0.25) is 0 Å². The summed E-state index contributed by atoms with van der Waals surface area (Å²) in [5.41, 5.74) is 11.4. The zero-order chi connectivity index (χ0) is 20.1. The second-order valence-corrected chi connectivity index (χ2v) is 8.61. The van der Waals surface area contributed by atoms with Crippen LogP contribution in [0.5, 0.6) is 0 Å². The normalized spacial score (nSPS) is 14.8. The first-order chi connectivity index (χ1) is 13.2. The van der Waals surface area contributed by atoms with E-state index in [9.17, 15) is 8.42 Å². The van der Waals surface area contributed by atoms with Gasteiger partial charge >= 0.3 is 0 Å². The van der Waals surface area contributed by atoms with E-state index in [0.717, 1.165) is 31.3 Å². The van der Waals surface area contributed by atoms with Crippen LogP contribution in [0.3, 0.4) is 0 Å². The van der Waals surface area contributed by atoms with E-state index in [0.29, 0.717) is 5.69 Å². The molecule has 4 rings (SSSR count). The summed E-state index contributed by atoms with van der Waals surface area (Å²) >= 11 is 0. The maximum atomic E-state index is 11.5. The van der Waals surface area contributed by atoms with Gasteiger partial charge in [0.25, 0.3) is 0 Å². The van der Waals surface area contributed by atoms with Gasteiger partial charge in [-0.1, -0.05) is 0 Å². The number of fused-ring (bicyclic) bond motifs is 1. The molecular formula is C18H21N7O2S. The van der Waals surface area contributed by atoms with Gasteiger partial charge in [-0.2, -0.15) is 5.10 Å². The predicted molar refractivity (Wildman–Crippen MR) is 105 cm³/mol. The summed E-state index contributed by atoms with van der Waals surface area (Å²) < 4.78 is 24.3. The number of rotatable bonds is 3. The summed E-state index contributed by atoms with van der Waals surface area (Å²) in [6.45, 7) is 4.03. The highest BCUT2D eigenvalue weighted by atomic mass is 32.2. The molecule has 1 aliphatic rings. The molecule has 146 valence electrons. The number of aryl methyl sites for hydroxylation is 1. The van der Waals surface area contributed by atoms with E-state index in [1.165, 1.54) is 27.6 Å². The van der Waals surface area contributed by atoms with Gasteiger partial charge in [0, 0.05) is 18.7 Å². The molecule has 0 fully saturated rings. The fourth-order valence-electron chi connectivity index (χ4n) is 3.47. The Balaban J connectivity index is 1.79. The minimum atomic E-state index is -3.86. The third-order valence-electron chi connectivity index (χ3n) is 4.93. The highest BCUT2D eigenvalue weighted by Gasteiger charge is 2.18. The van der Waals surface area contributed by atoms with Crippen molar-refractivity contribution in [2.45, 2.75) is 24.8 Å². The van der Waals surface area contributed by atoms with E-state index in [2.05, 4.69) is 46.1 Å². The van der Waals surface area contributed by atoms with Crippen LogP contribution in [0.1, 0.15) is 16.7 Å². The first-order valence-corrected chi connectivity index (χ1v) is 10.3. The quantitative estimate of drug-likeness (QED) is 0.667. The maximum Gasteiger partial charge on any atom is 0.241 e. The highest BCUT2D eigenvalue weighted by molar-refractivity contribution is 7.89. The Morgan fingerprint density at radius 3 is 2.71 bits per heavy atom. The minimum Gasteiger partial charge on any atom is -0.381 e. The molecule has 3 aromatic rings. The van der Waals surface area contributed by atoms with Crippen LogP contribution < -0.4 is 10.9 Å². The Bertz CT molecular complexity index is 1170. The number of aromatic nitrogens is 4. The van der Waals surface area contributed by atoms with Gasteiger partial charge in [0.05, 0.1) is 24.3 Å². The van der Waals surface area contributed by atoms with Gasteiger partial charge in [-0.15, -0.1) is 0 Å². The number of sulfonamides is 1. The molecule has 0 amide bonds. The van der Waals surface area contributed by atoms with Gasteiger partial charge in [0.2, 0.25) is 10.0 Å². The van der Waals surface area contributed by atoms with Crippen LogP contribution in [-0.2, 0) is 23.0 Å². The van der Waals surface area contributed by atoms with Crippen molar-refractivity contribution in [2.75, 3.05) is 19.3 Å². The lowest BCUT2D eigenvalue weighted by Crippen LogP contribution is -2.27. The van der Waals surface area contributed by atoms with Gasteiger partial charge < -0.3 is 10.6 Å². The number of anilines is 1. The number of hydrogen-bond acceptors (Lipinski definition) is 7. The molecule has 0 saturated carbocycles. The fourth-order valence-corrected chi connectivity index (χ4v) is 3.92. The van der Waals surface area contributed by atoms with Crippen LogP contribution in [0.15, 0.2) is 35.6 Å². The van der Waals surface area contributed by atoms with Crippen LogP contribution >= 0.6 is 0 Å². The number of nitrogen functional groups attached to an aromatic ring is 1. The molecular weight excluding hydrogens is 378 g/mol. The summed E-state index contributed by atoms with van der Waals surface area (Å²) in [7, 11) is -1.76. The molecule has 28 heavy (non-hydrogen) atoms. The van der Waals surface area contributed by atoms with E-state index < -0.39 is 10.0 Å². The number of hydrogen-bond donors (Lipinski definition) is 2. The van der Waals surface area contributed by atoms with E-state index in [1.54, 1.807) is 6.20 Å². The second kappa shape index (κ2) is 6.66. The van der Waals surface area contributed by atoms with Crippen molar-refractivity contribution in [2.24, 2.45) is 5.14 Å². The third kappa shape index (κ3) is 3.37. The van der Waals surface area contributed by atoms with Crippen molar-refractivity contribution in [3.05, 3.63) is 47.4 Å². The van der Waals surface area contributed by atoms with Crippen LogP contribution in [0.4, 0.5) is 5.82 Å². The molecule has 0 radical (unpaired) electrons.